The van der Waals surface area contributed by atoms with E-state index in [1.54, 1.807) is 0 Å². The number of benzene rings is 1. The molecule has 0 unspecified atom stereocenters. The fourth-order valence-corrected chi connectivity index (χ4v) is 2.09. The van der Waals surface area contributed by atoms with E-state index in [0.29, 0.717) is 0 Å². The first-order valence-electron chi connectivity index (χ1n) is 6.62. The number of anilines is 1. The summed E-state index contributed by atoms with van der Waals surface area (Å²) in [6.45, 7) is 9.65. The highest BCUT2D eigenvalue weighted by Crippen LogP contribution is 2.20. The van der Waals surface area contributed by atoms with E-state index in [4.69, 9.17) is 0 Å². The molecule has 0 fully saturated rings. The van der Waals surface area contributed by atoms with Crippen LogP contribution in [0.25, 0.3) is 0 Å². The molecular weight excluding hydrogens is 227 g/mol. The number of rotatable bonds is 7. The molecular formula is C15H25FN2. The van der Waals surface area contributed by atoms with Crippen molar-refractivity contribution in [3.05, 3.63) is 30.1 Å². The van der Waals surface area contributed by atoms with Crippen LogP contribution in [0.4, 0.5) is 10.1 Å². The highest BCUT2D eigenvalue weighted by atomic mass is 19.1. The number of hydrogen-bond donors (Lipinski definition) is 1. The third-order valence-corrected chi connectivity index (χ3v) is 2.96. The minimum absolute atomic E-state index is 0.184. The first kappa shape index (κ1) is 15.0. The van der Waals surface area contributed by atoms with E-state index in [1.165, 1.54) is 12.1 Å². The molecule has 3 heteroatoms. The Morgan fingerprint density at radius 1 is 1.22 bits per heavy atom. The van der Waals surface area contributed by atoms with Gasteiger partial charge < -0.3 is 10.2 Å². The van der Waals surface area contributed by atoms with Crippen LogP contribution < -0.4 is 10.2 Å². The van der Waals surface area contributed by atoms with Crippen molar-refractivity contribution in [1.29, 1.82) is 0 Å². The highest BCUT2D eigenvalue weighted by molar-refractivity contribution is 5.45. The number of nitrogens with zero attached hydrogens (tertiary/aromatic N) is 1. The van der Waals surface area contributed by atoms with Gasteiger partial charge in [-0.05, 0) is 42.6 Å². The lowest BCUT2D eigenvalue weighted by Crippen LogP contribution is -2.39. The van der Waals surface area contributed by atoms with Crippen LogP contribution in [-0.4, -0.2) is 26.7 Å². The Balaban J connectivity index is 2.52. The van der Waals surface area contributed by atoms with E-state index in [9.17, 15) is 4.39 Å². The van der Waals surface area contributed by atoms with Gasteiger partial charge in [0.15, 0.2) is 0 Å². The number of hydrogen-bond acceptors (Lipinski definition) is 2. The molecule has 0 heterocycles. The molecule has 102 valence electrons. The summed E-state index contributed by atoms with van der Waals surface area (Å²) in [5.41, 5.74) is 1.25. The molecule has 1 rings (SSSR count). The topological polar surface area (TPSA) is 15.3 Å². The third kappa shape index (κ3) is 5.05. The van der Waals surface area contributed by atoms with Gasteiger partial charge in [-0.2, -0.15) is 0 Å². The largest absolute Gasteiger partial charge is 0.374 e. The molecule has 1 aromatic carbocycles. The number of halogens is 1. The molecule has 0 aliphatic rings. The smallest absolute Gasteiger partial charge is 0.123 e. The first-order chi connectivity index (χ1) is 8.44. The molecule has 0 aromatic heterocycles. The van der Waals surface area contributed by atoms with Crippen LogP contribution in [0.1, 0.15) is 27.2 Å². The summed E-state index contributed by atoms with van der Waals surface area (Å²) < 4.78 is 12.9. The van der Waals surface area contributed by atoms with Gasteiger partial charge in [-0.1, -0.05) is 20.8 Å². The van der Waals surface area contributed by atoms with Crippen molar-refractivity contribution in [2.75, 3.05) is 31.6 Å². The van der Waals surface area contributed by atoms with Crippen LogP contribution in [-0.2, 0) is 0 Å². The number of nitrogens with one attached hydrogen (secondary N) is 1. The van der Waals surface area contributed by atoms with Crippen molar-refractivity contribution in [3.8, 4) is 0 Å². The van der Waals surface area contributed by atoms with Gasteiger partial charge in [-0.15, -0.1) is 0 Å². The van der Waals surface area contributed by atoms with Crippen molar-refractivity contribution in [2.45, 2.75) is 27.2 Å². The Kier molecular flexibility index (Phi) is 5.60. The third-order valence-electron chi connectivity index (χ3n) is 2.96. The molecule has 0 aliphatic carbocycles. The van der Waals surface area contributed by atoms with Crippen molar-refractivity contribution >= 4 is 5.69 Å². The average Bonchev–Trinajstić information content (AvgIpc) is 2.29. The molecule has 0 saturated carbocycles. The van der Waals surface area contributed by atoms with E-state index in [1.807, 2.05) is 12.1 Å². The summed E-state index contributed by atoms with van der Waals surface area (Å²) in [4.78, 5) is 2.17. The Morgan fingerprint density at radius 2 is 1.83 bits per heavy atom. The van der Waals surface area contributed by atoms with Crippen molar-refractivity contribution < 1.29 is 4.39 Å². The maximum Gasteiger partial charge on any atom is 0.123 e. The summed E-state index contributed by atoms with van der Waals surface area (Å²) >= 11 is 0. The Labute approximate surface area is 110 Å². The SMILES string of the molecule is CCCNCC(C)(C)CN(C)c1ccc(F)cc1. The molecule has 18 heavy (non-hydrogen) atoms. The second-order valence-electron chi connectivity index (χ2n) is 5.67. The zero-order valence-electron chi connectivity index (χ0n) is 12.0. The zero-order valence-corrected chi connectivity index (χ0v) is 12.0. The molecule has 0 saturated heterocycles. The summed E-state index contributed by atoms with van der Waals surface area (Å²) in [6, 6.07) is 6.66. The normalized spacial score (nSPS) is 11.6. The van der Waals surface area contributed by atoms with Crippen molar-refractivity contribution in [3.63, 3.8) is 0 Å². The molecule has 0 amide bonds. The Bertz CT molecular complexity index is 346. The average molecular weight is 252 g/mol. The fourth-order valence-electron chi connectivity index (χ4n) is 2.09. The van der Waals surface area contributed by atoms with Crippen molar-refractivity contribution in [1.82, 2.24) is 5.32 Å². The predicted molar refractivity (Wildman–Crippen MR) is 76.6 cm³/mol. The molecule has 0 bridgehead atoms. The van der Waals surface area contributed by atoms with Gasteiger partial charge in [-0.3, -0.25) is 0 Å². The molecule has 1 aromatic rings. The van der Waals surface area contributed by atoms with E-state index in [2.05, 4.69) is 38.0 Å². The molecule has 0 atom stereocenters. The van der Waals surface area contributed by atoms with E-state index < -0.39 is 0 Å². The highest BCUT2D eigenvalue weighted by Gasteiger charge is 2.19. The molecule has 0 aliphatic heterocycles. The lowest BCUT2D eigenvalue weighted by molar-refractivity contribution is 0.347. The van der Waals surface area contributed by atoms with E-state index >= 15 is 0 Å². The summed E-state index contributed by atoms with van der Waals surface area (Å²) in [6.07, 6.45) is 1.16. The van der Waals surface area contributed by atoms with E-state index in [0.717, 1.165) is 31.7 Å². The quantitative estimate of drug-likeness (QED) is 0.749. The second-order valence-corrected chi connectivity index (χ2v) is 5.67. The van der Waals surface area contributed by atoms with Gasteiger partial charge in [0.05, 0.1) is 0 Å². The maximum absolute atomic E-state index is 12.9. The summed E-state index contributed by atoms with van der Waals surface area (Å²) in [5, 5.41) is 3.45. The summed E-state index contributed by atoms with van der Waals surface area (Å²) in [5.74, 6) is -0.184. The molecule has 1 N–H and O–H groups in total. The van der Waals surface area contributed by atoms with Crippen LogP contribution in [0.3, 0.4) is 0 Å². The molecule has 0 radical (unpaired) electrons. The van der Waals surface area contributed by atoms with Crippen LogP contribution in [0.15, 0.2) is 24.3 Å². The van der Waals surface area contributed by atoms with E-state index in [-0.39, 0.29) is 11.2 Å². The molecule has 2 nitrogen and oxygen atoms in total. The van der Waals surface area contributed by atoms with Gasteiger partial charge >= 0.3 is 0 Å². The van der Waals surface area contributed by atoms with Crippen LogP contribution >= 0.6 is 0 Å². The molecule has 0 spiro atoms. The van der Waals surface area contributed by atoms with Crippen LogP contribution in [0, 0.1) is 11.2 Å². The Morgan fingerprint density at radius 3 is 2.39 bits per heavy atom. The Hall–Kier alpha value is -1.09. The fraction of sp³-hybridized carbons (Fsp3) is 0.600. The predicted octanol–water partition coefficient (Wildman–Crippen LogP) is 3.29. The van der Waals surface area contributed by atoms with Gasteiger partial charge in [-0.25, -0.2) is 4.39 Å². The second kappa shape index (κ2) is 6.74. The monoisotopic (exact) mass is 252 g/mol. The van der Waals surface area contributed by atoms with Gasteiger partial charge in [0, 0.05) is 25.8 Å². The van der Waals surface area contributed by atoms with Gasteiger partial charge in [0.2, 0.25) is 0 Å². The minimum Gasteiger partial charge on any atom is -0.374 e. The van der Waals surface area contributed by atoms with Gasteiger partial charge in [0.25, 0.3) is 0 Å². The maximum atomic E-state index is 12.9. The lowest BCUT2D eigenvalue weighted by Gasteiger charge is -2.32. The first-order valence-corrected chi connectivity index (χ1v) is 6.62. The summed E-state index contributed by atoms with van der Waals surface area (Å²) in [7, 11) is 2.05. The standard InChI is InChI=1S/C15H25FN2/c1-5-10-17-11-15(2,3)12-18(4)14-8-6-13(16)7-9-14/h6-9,17H,5,10-12H2,1-4H3. The van der Waals surface area contributed by atoms with Crippen LogP contribution in [0.2, 0.25) is 0 Å². The zero-order chi connectivity index (χ0) is 13.6. The lowest BCUT2D eigenvalue weighted by atomic mass is 9.92. The van der Waals surface area contributed by atoms with Crippen LogP contribution in [0.5, 0.6) is 0 Å². The van der Waals surface area contributed by atoms with Crippen molar-refractivity contribution in [2.24, 2.45) is 5.41 Å². The van der Waals surface area contributed by atoms with Gasteiger partial charge in [0.1, 0.15) is 5.82 Å². The minimum atomic E-state index is -0.184.